The van der Waals surface area contributed by atoms with Crippen LogP contribution in [0, 0.1) is 11.8 Å². The third-order valence-corrected chi connectivity index (χ3v) is 4.78. The summed E-state index contributed by atoms with van der Waals surface area (Å²) < 4.78 is 5.53. The highest BCUT2D eigenvalue weighted by molar-refractivity contribution is 5.94. The lowest BCUT2D eigenvalue weighted by Gasteiger charge is -2.23. The average molecular weight is 396 g/mol. The number of carboxylic acid groups (broad SMARTS) is 1. The van der Waals surface area contributed by atoms with Crippen molar-refractivity contribution in [3.05, 3.63) is 60.2 Å². The SMILES string of the molecule is CC(C(=O)O)C(NC(=O)COc1cccc(NC(=O)C2CC2)c1)c1ccccc1. The molecule has 2 atom stereocenters. The molecule has 2 unspecified atom stereocenters. The molecule has 0 heterocycles. The van der Waals surface area contributed by atoms with Crippen LogP contribution in [-0.2, 0) is 14.4 Å². The molecule has 0 radical (unpaired) electrons. The lowest BCUT2D eigenvalue weighted by atomic mass is 9.94. The minimum absolute atomic E-state index is 0.00625. The molecule has 29 heavy (non-hydrogen) atoms. The summed E-state index contributed by atoms with van der Waals surface area (Å²) >= 11 is 0. The van der Waals surface area contributed by atoms with Crippen LogP contribution in [0.3, 0.4) is 0 Å². The van der Waals surface area contributed by atoms with Gasteiger partial charge in [0.05, 0.1) is 12.0 Å². The van der Waals surface area contributed by atoms with Crippen LogP contribution in [-0.4, -0.2) is 29.5 Å². The predicted octanol–water partition coefficient (Wildman–Crippen LogP) is 2.99. The summed E-state index contributed by atoms with van der Waals surface area (Å²) in [4.78, 5) is 35.7. The van der Waals surface area contributed by atoms with E-state index in [1.54, 1.807) is 55.5 Å². The molecule has 7 nitrogen and oxygen atoms in total. The van der Waals surface area contributed by atoms with E-state index >= 15 is 0 Å². The molecule has 3 N–H and O–H groups in total. The third-order valence-electron chi connectivity index (χ3n) is 4.78. The van der Waals surface area contributed by atoms with Gasteiger partial charge in [0.1, 0.15) is 5.75 Å². The minimum atomic E-state index is -1.00. The van der Waals surface area contributed by atoms with Crippen LogP contribution in [0.4, 0.5) is 5.69 Å². The fourth-order valence-corrected chi connectivity index (χ4v) is 2.92. The Labute approximate surface area is 169 Å². The zero-order valence-electron chi connectivity index (χ0n) is 16.1. The number of anilines is 1. The van der Waals surface area contributed by atoms with Gasteiger partial charge in [0.15, 0.2) is 6.61 Å². The number of rotatable bonds is 9. The van der Waals surface area contributed by atoms with Crippen molar-refractivity contribution in [3.8, 4) is 5.75 Å². The first-order chi connectivity index (χ1) is 13.9. The van der Waals surface area contributed by atoms with E-state index in [1.807, 2.05) is 6.07 Å². The van der Waals surface area contributed by atoms with E-state index in [-0.39, 0.29) is 18.4 Å². The van der Waals surface area contributed by atoms with Crippen molar-refractivity contribution in [2.45, 2.75) is 25.8 Å². The molecule has 0 saturated heterocycles. The van der Waals surface area contributed by atoms with Gasteiger partial charge in [0, 0.05) is 17.7 Å². The number of ether oxygens (including phenoxy) is 1. The second-order valence-corrected chi connectivity index (χ2v) is 7.16. The maximum absolute atomic E-state index is 12.4. The molecule has 2 aromatic rings. The summed E-state index contributed by atoms with van der Waals surface area (Å²) in [7, 11) is 0. The van der Waals surface area contributed by atoms with Crippen LogP contribution in [0.1, 0.15) is 31.4 Å². The summed E-state index contributed by atoms with van der Waals surface area (Å²) in [6, 6.07) is 15.1. The van der Waals surface area contributed by atoms with Gasteiger partial charge >= 0.3 is 5.97 Å². The van der Waals surface area contributed by atoms with E-state index in [2.05, 4.69) is 10.6 Å². The van der Waals surface area contributed by atoms with Gasteiger partial charge in [-0.25, -0.2) is 0 Å². The normalized spacial score (nSPS) is 15.1. The summed E-state index contributed by atoms with van der Waals surface area (Å²) in [5.41, 5.74) is 1.32. The van der Waals surface area contributed by atoms with Crippen molar-refractivity contribution in [1.82, 2.24) is 5.32 Å². The van der Waals surface area contributed by atoms with Crippen LogP contribution in [0.15, 0.2) is 54.6 Å². The molecule has 0 aromatic heterocycles. The summed E-state index contributed by atoms with van der Waals surface area (Å²) in [6.45, 7) is 1.28. The first-order valence-corrected chi connectivity index (χ1v) is 9.55. The Morgan fingerprint density at radius 3 is 2.48 bits per heavy atom. The molecule has 1 aliphatic carbocycles. The second kappa shape index (κ2) is 9.23. The van der Waals surface area contributed by atoms with Crippen molar-refractivity contribution in [1.29, 1.82) is 0 Å². The topological polar surface area (TPSA) is 105 Å². The number of aliphatic carboxylic acids is 1. The Balaban J connectivity index is 1.59. The number of hydrogen-bond acceptors (Lipinski definition) is 4. The van der Waals surface area contributed by atoms with E-state index in [1.165, 1.54) is 0 Å². The number of benzene rings is 2. The van der Waals surface area contributed by atoms with Crippen LogP contribution < -0.4 is 15.4 Å². The summed E-state index contributed by atoms with van der Waals surface area (Å²) in [5.74, 6) is -1.71. The standard InChI is InChI=1S/C22H24N2O5/c1-14(22(27)28)20(15-6-3-2-4-7-15)24-19(25)13-29-18-9-5-8-17(12-18)23-21(26)16-10-11-16/h2-9,12,14,16,20H,10-11,13H2,1H3,(H,23,26)(H,24,25)(H,27,28). The zero-order valence-corrected chi connectivity index (χ0v) is 16.1. The summed E-state index contributed by atoms with van der Waals surface area (Å²) in [6.07, 6.45) is 1.83. The predicted molar refractivity (Wildman–Crippen MR) is 107 cm³/mol. The van der Waals surface area contributed by atoms with Crippen molar-refractivity contribution >= 4 is 23.5 Å². The Morgan fingerprint density at radius 1 is 1.10 bits per heavy atom. The highest BCUT2D eigenvalue weighted by Crippen LogP contribution is 2.30. The van der Waals surface area contributed by atoms with Crippen molar-refractivity contribution < 1.29 is 24.2 Å². The molecule has 2 aromatic carbocycles. The first-order valence-electron chi connectivity index (χ1n) is 9.55. The number of nitrogens with one attached hydrogen (secondary N) is 2. The zero-order chi connectivity index (χ0) is 20.8. The molecule has 0 spiro atoms. The van der Waals surface area contributed by atoms with E-state index in [9.17, 15) is 19.5 Å². The van der Waals surface area contributed by atoms with Gasteiger partial charge < -0.3 is 20.5 Å². The monoisotopic (exact) mass is 396 g/mol. The van der Waals surface area contributed by atoms with Gasteiger partial charge in [-0.2, -0.15) is 0 Å². The van der Waals surface area contributed by atoms with Gasteiger partial charge in [-0.1, -0.05) is 36.4 Å². The maximum Gasteiger partial charge on any atom is 0.308 e. The van der Waals surface area contributed by atoms with Gasteiger partial charge in [-0.3, -0.25) is 14.4 Å². The molecule has 0 aliphatic heterocycles. The van der Waals surface area contributed by atoms with E-state index in [0.29, 0.717) is 17.0 Å². The number of carbonyl (C=O) groups is 3. The molecule has 1 fully saturated rings. The Hall–Kier alpha value is -3.35. The highest BCUT2D eigenvalue weighted by Gasteiger charge is 2.29. The third kappa shape index (κ3) is 5.81. The first kappa shape index (κ1) is 20.4. The fraction of sp³-hybridized carbons (Fsp3) is 0.318. The van der Waals surface area contributed by atoms with Crippen LogP contribution in [0.25, 0.3) is 0 Å². The van der Waals surface area contributed by atoms with Crippen molar-refractivity contribution in [2.75, 3.05) is 11.9 Å². The molecule has 7 heteroatoms. The molecular formula is C22H24N2O5. The lowest BCUT2D eigenvalue weighted by molar-refractivity contribution is -0.142. The highest BCUT2D eigenvalue weighted by atomic mass is 16.5. The average Bonchev–Trinajstić information content (AvgIpc) is 3.56. The minimum Gasteiger partial charge on any atom is -0.484 e. The van der Waals surface area contributed by atoms with E-state index in [4.69, 9.17) is 4.74 Å². The Bertz CT molecular complexity index is 880. The van der Waals surface area contributed by atoms with Crippen molar-refractivity contribution in [3.63, 3.8) is 0 Å². The molecule has 152 valence electrons. The number of carbonyl (C=O) groups excluding carboxylic acids is 2. The van der Waals surface area contributed by atoms with Crippen LogP contribution in [0.5, 0.6) is 5.75 Å². The number of carboxylic acids is 1. The fourth-order valence-electron chi connectivity index (χ4n) is 2.92. The van der Waals surface area contributed by atoms with Crippen LogP contribution in [0.2, 0.25) is 0 Å². The van der Waals surface area contributed by atoms with E-state index < -0.39 is 23.8 Å². The lowest BCUT2D eigenvalue weighted by Crippen LogP contribution is -2.38. The quantitative estimate of drug-likeness (QED) is 0.604. The number of amides is 2. The second-order valence-electron chi connectivity index (χ2n) is 7.16. The van der Waals surface area contributed by atoms with Crippen LogP contribution >= 0.6 is 0 Å². The van der Waals surface area contributed by atoms with Gasteiger partial charge in [0.25, 0.3) is 5.91 Å². The van der Waals surface area contributed by atoms with Gasteiger partial charge in [0.2, 0.25) is 5.91 Å². The molecule has 1 saturated carbocycles. The molecule has 2 amide bonds. The van der Waals surface area contributed by atoms with Gasteiger partial charge in [-0.15, -0.1) is 0 Å². The molecular weight excluding hydrogens is 372 g/mol. The smallest absolute Gasteiger partial charge is 0.308 e. The molecule has 1 aliphatic rings. The van der Waals surface area contributed by atoms with Gasteiger partial charge in [-0.05, 0) is 37.5 Å². The Morgan fingerprint density at radius 2 is 1.83 bits per heavy atom. The molecule has 3 rings (SSSR count). The largest absolute Gasteiger partial charge is 0.484 e. The van der Waals surface area contributed by atoms with E-state index in [0.717, 1.165) is 12.8 Å². The molecule has 0 bridgehead atoms. The van der Waals surface area contributed by atoms with Crippen molar-refractivity contribution in [2.24, 2.45) is 11.8 Å². The Kier molecular flexibility index (Phi) is 6.49. The maximum atomic E-state index is 12.4. The number of hydrogen-bond donors (Lipinski definition) is 3. The summed E-state index contributed by atoms with van der Waals surface area (Å²) in [5, 5.41) is 14.9.